The van der Waals surface area contributed by atoms with Crippen molar-refractivity contribution < 1.29 is 14.4 Å². The Hall–Kier alpha value is -1.47. The van der Waals surface area contributed by atoms with Gasteiger partial charge in [0.1, 0.15) is 0 Å². The minimum atomic E-state index is -0.526. The zero-order chi connectivity index (χ0) is 14.7. The molecule has 1 aliphatic carbocycles. The van der Waals surface area contributed by atoms with Crippen molar-refractivity contribution in [1.29, 1.82) is 0 Å². The van der Waals surface area contributed by atoms with Crippen LogP contribution in [0.1, 0.15) is 67.5 Å². The number of aliphatic hydroxyl groups excluding tert-OH is 1. The number of aromatic nitrogens is 2. The molecule has 116 valence electrons. The summed E-state index contributed by atoms with van der Waals surface area (Å²) in [5, 5.41) is 19.6. The van der Waals surface area contributed by atoms with Crippen molar-refractivity contribution in [3.63, 3.8) is 0 Å². The molecule has 2 aliphatic rings. The van der Waals surface area contributed by atoms with E-state index in [2.05, 4.69) is 20.8 Å². The Labute approximate surface area is 123 Å². The molecular formula is C14H22N4O3. The van der Waals surface area contributed by atoms with Gasteiger partial charge in [0, 0.05) is 0 Å². The molecule has 1 amide bonds. The van der Waals surface area contributed by atoms with Gasteiger partial charge in [0.25, 0.3) is 11.7 Å². The highest BCUT2D eigenvalue weighted by atomic mass is 16.5. The molecule has 7 heteroatoms. The summed E-state index contributed by atoms with van der Waals surface area (Å²) in [7, 11) is 0. The van der Waals surface area contributed by atoms with Gasteiger partial charge < -0.3 is 20.3 Å². The summed E-state index contributed by atoms with van der Waals surface area (Å²) >= 11 is 0. The van der Waals surface area contributed by atoms with Gasteiger partial charge in [-0.1, -0.05) is 24.4 Å². The van der Waals surface area contributed by atoms with E-state index in [-0.39, 0.29) is 24.4 Å². The first-order valence-corrected chi connectivity index (χ1v) is 7.73. The monoisotopic (exact) mass is 294 g/mol. The maximum absolute atomic E-state index is 12.3. The van der Waals surface area contributed by atoms with Gasteiger partial charge in [-0.05, 0) is 32.2 Å². The van der Waals surface area contributed by atoms with Gasteiger partial charge in [-0.2, -0.15) is 4.98 Å². The molecule has 1 saturated carbocycles. The standard InChI is InChI=1S/C14H22N4O3/c19-9-14(6-2-1-3-7-14)17-12(20)11-16-13(21-18-11)10-5-4-8-15-10/h10,15,19H,1-9H2,(H,17,20). The Bertz CT molecular complexity index is 490. The highest BCUT2D eigenvalue weighted by Gasteiger charge is 2.34. The van der Waals surface area contributed by atoms with Gasteiger partial charge >= 0.3 is 0 Å². The maximum atomic E-state index is 12.3. The first-order valence-electron chi connectivity index (χ1n) is 7.73. The van der Waals surface area contributed by atoms with E-state index >= 15 is 0 Å². The van der Waals surface area contributed by atoms with E-state index in [9.17, 15) is 9.90 Å². The lowest BCUT2D eigenvalue weighted by molar-refractivity contribution is 0.0746. The van der Waals surface area contributed by atoms with Crippen molar-refractivity contribution in [2.75, 3.05) is 13.2 Å². The topological polar surface area (TPSA) is 100 Å². The largest absolute Gasteiger partial charge is 0.394 e. The number of carbonyl (C=O) groups is 1. The SMILES string of the molecule is O=C(NC1(CO)CCCCC1)c1noc(C2CCCN2)n1. The molecule has 0 bridgehead atoms. The molecule has 2 heterocycles. The molecule has 1 atom stereocenters. The van der Waals surface area contributed by atoms with Gasteiger partial charge in [-0.25, -0.2) is 0 Å². The molecule has 3 N–H and O–H groups in total. The predicted molar refractivity (Wildman–Crippen MR) is 74.6 cm³/mol. The third kappa shape index (κ3) is 3.08. The van der Waals surface area contributed by atoms with Crippen LogP contribution in [0.5, 0.6) is 0 Å². The number of nitrogens with one attached hydrogen (secondary N) is 2. The van der Waals surface area contributed by atoms with E-state index in [1.807, 2.05) is 0 Å². The normalized spacial score (nSPS) is 24.9. The average Bonchev–Trinajstić information content (AvgIpc) is 3.19. The minimum Gasteiger partial charge on any atom is -0.394 e. The maximum Gasteiger partial charge on any atom is 0.293 e. The van der Waals surface area contributed by atoms with Crippen LogP contribution in [0.4, 0.5) is 0 Å². The lowest BCUT2D eigenvalue weighted by atomic mass is 9.82. The number of carbonyl (C=O) groups excluding carboxylic acids is 1. The van der Waals surface area contributed by atoms with Crippen LogP contribution < -0.4 is 10.6 Å². The molecule has 1 aromatic heterocycles. The highest BCUT2D eigenvalue weighted by Crippen LogP contribution is 2.28. The van der Waals surface area contributed by atoms with Crippen molar-refractivity contribution >= 4 is 5.91 Å². The Morgan fingerprint density at radius 2 is 2.19 bits per heavy atom. The number of nitrogens with zero attached hydrogens (tertiary/aromatic N) is 2. The number of amides is 1. The van der Waals surface area contributed by atoms with Gasteiger partial charge in [0.15, 0.2) is 0 Å². The van der Waals surface area contributed by atoms with Crippen LogP contribution in [0.15, 0.2) is 4.52 Å². The first-order chi connectivity index (χ1) is 10.2. The Morgan fingerprint density at radius 3 is 2.86 bits per heavy atom. The lowest BCUT2D eigenvalue weighted by Gasteiger charge is -2.35. The predicted octanol–water partition coefficient (Wildman–Crippen LogP) is 0.919. The number of hydrogen-bond donors (Lipinski definition) is 3. The van der Waals surface area contributed by atoms with Crippen molar-refractivity contribution in [1.82, 2.24) is 20.8 Å². The van der Waals surface area contributed by atoms with Gasteiger partial charge in [0.2, 0.25) is 5.89 Å². The molecule has 3 rings (SSSR count). The zero-order valence-electron chi connectivity index (χ0n) is 12.1. The smallest absolute Gasteiger partial charge is 0.293 e. The number of rotatable bonds is 4. The van der Waals surface area contributed by atoms with E-state index in [1.165, 1.54) is 0 Å². The number of hydrogen-bond acceptors (Lipinski definition) is 6. The lowest BCUT2D eigenvalue weighted by Crippen LogP contribution is -2.52. The highest BCUT2D eigenvalue weighted by molar-refractivity contribution is 5.90. The van der Waals surface area contributed by atoms with Crippen LogP contribution in [-0.2, 0) is 0 Å². The second-order valence-corrected chi connectivity index (χ2v) is 6.06. The summed E-state index contributed by atoms with van der Waals surface area (Å²) in [4.78, 5) is 16.5. The fourth-order valence-corrected chi connectivity index (χ4v) is 3.21. The van der Waals surface area contributed by atoms with Crippen LogP contribution in [-0.4, -0.2) is 39.8 Å². The van der Waals surface area contributed by atoms with Crippen molar-refractivity contribution in [2.45, 2.75) is 56.5 Å². The zero-order valence-corrected chi connectivity index (χ0v) is 12.1. The van der Waals surface area contributed by atoms with Gasteiger partial charge in [-0.15, -0.1) is 0 Å². The molecule has 1 unspecified atom stereocenters. The first kappa shape index (κ1) is 14.5. The molecule has 7 nitrogen and oxygen atoms in total. The molecule has 0 radical (unpaired) electrons. The van der Waals surface area contributed by atoms with E-state index < -0.39 is 5.54 Å². The Kier molecular flexibility index (Phi) is 4.21. The Morgan fingerprint density at radius 1 is 1.38 bits per heavy atom. The molecule has 1 aliphatic heterocycles. The van der Waals surface area contributed by atoms with Gasteiger partial charge in [0.05, 0.1) is 18.2 Å². The van der Waals surface area contributed by atoms with Crippen LogP contribution >= 0.6 is 0 Å². The van der Waals surface area contributed by atoms with Crippen molar-refractivity contribution in [3.8, 4) is 0 Å². The van der Waals surface area contributed by atoms with Crippen LogP contribution in [0.3, 0.4) is 0 Å². The summed E-state index contributed by atoms with van der Waals surface area (Å²) < 4.78 is 5.18. The van der Waals surface area contributed by atoms with Crippen molar-refractivity contribution in [2.24, 2.45) is 0 Å². The molecule has 1 saturated heterocycles. The van der Waals surface area contributed by atoms with Gasteiger partial charge in [-0.3, -0.25) is 4.79 Å². The van der Waals surface area contributed by atoms with Crippen LogP contribution in [0, 0.1) is 0 Å². The fourth-order valence-electron chi connectivity index (χ4n) is 3.21. The summed E-state index contributed by atoms with van der Waals surface area (Å²) in [6, 6.07) is 0.0560. The second kappa shape index (κ2) is 6.11. The molecule has 0 aromatic carbocycles. The average molecular weight is 294 g/mol. The van der Waals surface area contributed by atoms with Crippen LogP contribution in [0.25, 0.3) is 0 Å². The molecule has 21 heavy (non-hydrogen) atoms. The molecule has 1 aromatic rings. The fraction of sp³-hybridized carbons (Fsp3) is 0.786. The van der Waals surface area contributed by atoms with E-state index in [0.717, 1.165) is 51.5 Å². The van der Waals surface area contributed by atoms with Crippen molar-refractivity contribution in [3.05, 3.63) is 11.7 Å². The summed E-state index contributed by atoms with van der Waals surface area (Å²) in [6.07, 6.45) is 6.80. The number of aliphatic hydroxyl groups is 1. The molecule has 2 fully saturated rings. The van der Waals surface area contributed by atoms with E-state index in [1.54, 1.807) is 0 Å². The van der Waals surface area contributed by atoms with E-state index in [4.69, 9.17) is 4.52 Å². The molecular weight excluding hydrogens is 272 g/mol. The summed E-state index contributed by atoms with van der Waals surface area (Å²) in [5.41, 5.74) is -0.526. The van der Waals surface area contributed by atoms with E-state index in [0.29, 0.717) is 5.89 Å². The third-order valence-electron chi connectivity index (χ3n) is 4.50. The molecule has 0 spiro atoms. The summed E-state index contributed by atoms with van der Waals surface area (Å²) in [5.74, 6) is 0.162. The summed E-state index contributed by atoms with van der Waals surface area (Å²) in [6.45, 7) is 0.885. The minimum absolute atomic E-state index is 0.0480. The quantitative estimate of drug-likeness (QED) is 0.763. The second-order valence-electron chi connectivity index (χ2n) is 6.06. The third-order valence-corrected chi connectivity index (χ3v) is 4.50. The Balaban J connectivity index is 1.67. The van der Waals surface area contributed by atoms with Crippen LogP contribution in [0.2, 0.25) is 0 Å².